The first-order valence-corrected chi connectivity index (χ1v) is 7.15. The molecule has 0 aliphatic rings. The summed E-state index contributed by atoms with van der Waals surface area (Å²) in [5.41, 5.74) is 10.9. The molecule has 2 aromatic carbocycles. The van der Waals surface area contributed by atoms with Crippen molar-refractivity contribution >= 4 is 12.2 Å². The summed E-state index contributed by atoms with van der Waals surface area (Å²) in [7, 11) is 0. The number of hydrogen-bond acceptors (Lipinski definition) is 1. The molecule has 0 heterocycles. The number of nitrogens with two attached hydrogens (primary N) is 1. The van der Waals surface area contributed by atoms with Gasteiger partial charge in [-0.3, -0.25) is 0 Å². The van der Waals surface area contributed by atoms with Crippen molar-refractivity contribution in [2.45, 2.75) is 32.7 Å². The minimum Gasteiger partial charge on any atom is -0.322 e. The third kappa shape index (κ3) is 3.58. The molecule has 20 heavy (non-hydrogen) atoms. The van der Waals surface area contributed by atoms with Gasteiger partial charge in [0.1, 0.15) is 0 Å². The molecule has 0 aliphatic heterocycles. The highest BCUT2D eigenvalue weighted by Crippen LogP contribution is 2.22. The van der Waals surface area contributed by atoms with E-state index in [1.54, 1.807) is 0 Å². The molecule has 0 saturated carbocycles. The molecule has 2 N–H and O–H groups in total. The molecule has 104 valence electrons. The Morgan fingerprint density at radius 2 is 1.35 bits per heavy atom. The molecule has 0 aromatic heterocycles. The first-order chi connectivity index (χ1) is 9.51. The maximum absolute atomic E-state index is 6.25. The standard InChI is InChI=1S/C19H23N/c1-4-19(3,20)18-13-11-17(12-14-18)10-9-16-7-5-15(2)6-8-16/h5-14H,4,20H2,1-3H3/b10-9+. The van der Waals surface area contributed by atoms with Gasteiger partial charge in [0.05, 0.1) is 0 Å². The van der Waals surface area contributed by atoms with Gasteiger partial charge in [-0.25, -0.2) is 0 Å². The van der Waals surface area contributed by atoms with Crippen LogP contribution in [0.5, 0.6) is 0 Å². The van der Waals surface area contributed by atoms with Crippen LogP contribution in [-0.2, 0) is 5.54 Å². The quantitative estimate of drug-likeness (QED) is 0.793. The van der Waals surface area contributed by atoms with Gasteiger partial charge in [0.15, 0.2) is 0 Å². The van der Waals surface area contributed by atoms with Gasteiger partial charge >= 0.3 is 0 Å². The van der Waals surface area contributed by atoms with Crippen LogP contribution in [0.2, 0.25) is 0 Å². The van der Waals surface area contributed by atoms with Crippen molar-refractivity contribution < 1.29 is 0 Å². The highest BCUT2D eigenvalue weighted by Gasteiger charge is 2.17. The van der Waals surface area contributed by atoms with Crippen LogP contribution in [0, 0.1) is 6.92 Å². The first kappa shape index (κ1) is 14.5. The highest BCUT2D eigenvalue weighted by atomic mass is 14.7. The molecule has 2 aromatic rings. The van der Waals surface area contributed by atoms with Crippen molar-refractivity contribution in [2.75, 3.05) is 0 Å². The zero-order valence-electron chi connectivity index (χ0n) is 12.6. The zero-order chi connectivity index (χ0) is 14.6. The van der Waals surface area contributed by atoms with E-state index in [1.807, 2.05) is 0 Å². The van der Waals surface area contributed by atoms with Crippen molar-refractivity contribution in [2.24, 2.45) is 5.73 Å². The van der Waals surface area contributed by atoms with E-state index in [1.165, 1.54) is 22.3 Å². The van der Waals surface area contributed by atoms with Gasteiger partial charge in [-0.2, -0.15) is 0 Å². The zero-order valence-corrected chi connectivity index (χ0v) is 12.6. The fourth-order valence-corrected chi connectivity index (χ4v) is 2.05. The van der Waals surface area contributed by atoms with Gasteiger partial charge in [-0.15, -0.1) is 0 Å². The molecule has 0 saturated heterocycles. The van der Waals surface area contributed by atoms with E-state index in [2.05, 4.69) is 81.5 Å². The second kappa shape index (κ2) is 6.06. The molecule has 0 bridgehead atoms. The van der Waals surface area contributed by atoms with E-state index >= 15 is 0 Å². The number of benzene rings is 2. The fraction of sp³-hybridized carbons (Fsp3) is 0.263. The molecule has 0 aliphatic carbocycles. The minimum absolute atomic E-state index is 0.237. The number of aryl methyl sites for hydroxylation is 1. The lowest BCUT2D eigenvalue weighted by Crippen LogP contribution is -2.31. The Morgan fingerprint density at radius 3 is 1.80 bits per heavy atom. The van der Waals surface area contributed by atoms with Gasteiger partial charge in [-0.05, 0) is 37.0 Å². The first-order valence-electron chi connectivity index (χ1n) is 7.15. The summed E-state index contributed by atoms with van der Waals surface area (Å²) in [4.78, 5) is 0. The summed E-state index contributed by atoms with van der Waals surface area (Å²) in [6, 6.07) is 17.0. The second-order valence-electron chi connectivity index (χ2n) is 5.64. The van der Waals surface area contributed by atoms with Crippen LogP contribution in [0.25, 0.3) is 12.2 Å². The predicted octanol–water partition coefficient (Wildman–Crippen LogP) is 4.75. The van der Waals surface area contributed by atoms with E-state index in [4.69, 9.17) is 5.73 Å². The summed E-state index contributed by atoms with van der Waals surface area (Å²) >= 11 is 0. The van der Waals surface area contributed by atoms with Crippen molar-refractivity contribution in [1.82, 2.24) is 0 Å². The molecular formula is C19H23N. The molecule has 0 fully saturated rings. The van der Waals surface area contributed by atoms with Gasteiger partial charge in [0.25, 0.3) is 0 Å². The normalized spacial score (nSPS) is 14.4. The Bertz CT molecular complexity index is 574. The molecular weight excluding hydrogens is 242 g/mol. The Labute approximate surface area is 122 Å². The topological polar surface area (TPSA) is 26.0 Å². The molecule has 0 radical (unpaired) electrons. The predicted molar refractivity (Wildman–Crippen MR) is 88.4 cm³/mol. The van der Waals surface area contributed by atoms with Crippen LogP contribution >= 0.6 is 0 Å². The smallest absolute Gasteiger partial charge is 0.0378 e. The largest absolute Gasteiger partial charge is 0.322 e. The third-order valence-corrected chi connectivity index (χ3v) is 3.85. The molecule has 1 unspecified atom stereocenters. The summed E-state index contributed by atoms with van der Waals surface area (Å²) in [6.45, 7) is 6.29. The van der Waals surface area contributed by atoms with E-state index < -0.39 is 0 Å². The average Bonchev–Trinajstić information content (AvgIpc) is 2.47. The third-order valence-electron chi connectivity index (χ3n) is 3.85. The summed E-state index contributed by atoms with van der Waals surface area (Å²) in [5.74, 6) is 0. The Morgan fingerprint density at radius 1 is 0.900 bits per heavy atom. The molecule has 1 heteroatoms. The lowest BCUT2D eigenvalue weighted by molar-refractivity contribution is 0.476. The Balaban J connectivity index is 2.13. The SMILES string of the molecule is CCC(C)(N)c1ccc(/C=C/c2ccc(C)cc2)cc1. The van der Waals surface area contributed by atoms with E-state index in [0.717, 1.165) is 6.42 Å². The highest BCUT2D eigenvalue weighted by molar-refractivity contribution is 5.69. The van der Waals surface area contributed by atoms with Crippen LogP contribution in [0.4, 0.5) is 0 Å². The maximum atomic E-state index is 6.25. The van der Waals surface area contributed by atoms with Gasteiger partial charge in [0, 0.05) is 5.54 Å². The van der Waals surface area contributed by atoms with Gasteiger partial charge < -0.3 is 5.73 Å². The molecule has 1 nitrogen and oxygen atoms in total. The summed E-state index contributed by atoms with van der Waals surface area (Å²) < 4.78 is 0. The van der Waals surface area contributed by atoms with Crippen molar-refractivity contribution in [3.63, 3.8) is 0 Å². The molecule has 0 amide bonds. The van der Waals surface area contributed by atoms with Crippen LogP contribution in [0.1, 0.15) is 42.5 Å². The summed E-state index contributed by atoms with van der Waals surface area (Å²) in [6.07, 6.45) is 5.20. The van der Waals surface area contributed by atoms with E-state index in [0.29, 0.717) is 0 Å². The van der Waals surface area contributed by atoms with Crippen molar-refractivity contribution in [3.05, 3.63) is 70.8 Å². The second-order valence-corrected chi connectivity index (χ2v) is 5.64. The van der Waals surface area contributed by atoms with Crippen LogP contribution in [0.3, 0.4) is 0 Å². The van der Waals surface area contributed by atoms with Gasteiger partial charge in [0.2, 0.25) is 0 Å². The summed E-state index contributed by atoms with van der Waals surface area (Å²) in [5, 5.41) is 0. The number of hydrogen-bond donors (Lipinski definition) is 1. The molecule has 0 spiro atoms. The Kier molecular flexibility index (Phi) is 4.41. The number of rotatable bonds is 4. The van der Waals surface area contributed by atoms with Crippen molar-refractivity contribution in [3.8, 4) is 0 Å². The monoisotopic (exact) mass is 265 g/mol. The van der Waals surface area contributed by atoms with Crippen LogP contribution in [0.15, 0.2) is 48.5 Å². The molecule has 2 rings (SSSR count). The van der Waals surface area contributed by atoms with E-state index in [-0.39, 0.29) is 5.54 Å². The van der Waals surface area contributed by atoms with Crippen molar-refractivity contribution in [1.29, 1.82) is 0 Å². The van der Waals surface area contributed by atoms with Crippen LogP contribution < -0.4 is 5.73 Å². The van der Waals surface area contributed by atoms with Gasteiger partial charge in [-0.1, -0.05) is 73.2 Å². The lowest BCUT2D eigenvalue weighted by atomic mass is 9.90. The Hall–Kier alpha value is -1.86. The average molecular weight is 265 g/mol. The fourth-order valence-electron chi connectivity index (χ4n) is 2.05. The molecule has 1 atom stereocenters. The maximum Gasteiger partial charge on any atom is 0.0378 e. The van der Waals surface area contributed by atoms with Crippen LogP contribution in [-0.4, -0.2) is 0 Å². The minimum atomic E-state index is -0.237. The lowest BCUT2D eigenvalue weighted by Gasteiger charge is -2.23. The van der Waals surface area contributed by atoms with E-state index in [9.17, 15) is 0 Å².